The monoisotopic (exact) mass is 486 g/mol. The van der Waals surface area contributed by atoms with Gasteiger partial charge in [-0.1, -0.05) is 65.0 Å². The van der Waals surface area contributed by atoms with E-state index in [4.69, 9.17) is 8.83 Å². The molecule has 2 nitrogen and oxygen atoms in total. The lowest BCUT2D eigenvalue weighted by molar-refractivity contribution is -0.210. The highest BCUT2D eigenvalue weighted by Crippen LogP contribution is 2.42. The second kappa shape index (κ2) is 9.40. The van der Waals surface area contributed by atoms with E-state index < -0.39 is 11.6 Å². The van der Waals surface area contributed by atoms with E-state index in [1.807, 2.05) is 26.8 Å². The van der Waals surface area contributed by atoms with Gasteiger partial charge in [-0.05, 0) is 74.3 Å². The molecular weight excluding hydrogens is 449 g/mol. The zero-order chi connectivity index (χ0) is 26.3. The van der Waals surface area contributed by atoms with Crippen molar-refractivity contribution in [3.63, 3.8) is 0 Å². The maximum Gasteiger partial charge on any atom is 0.394 e. The van der Waals surface area contributed by atoms with Crippen LogP contribution in [-0.2, 0) is 12.8 Å². The number of fused-ring (bicyclic) bond motifs is 2. The zero-order valence-corrected chi connectivity index (χ0v) is 22.3. The van der Waals surface area contributed by atoms with Crippen LogP contribution >= 0.6 is 0 Å². The first kappa shape index (κ1) is 26.9. The van der Waals surface area contributed by atoms with E-state index in [-0.39, 0.29) is 6.42 Å². The Labute approximate surface area is 206 Å². The number of hydrogen-bond donors (Lipinski definition) is 0. The molecule has 4 rings (SSSR count). The standard InChI is InChI=1S/C15H17F3O.C15H20O/c1-9-10(2)19-13-11(6-5-7-12(9)13)8-14(3,4)15(16,17)18;1-10-11(2)16-13-8-6-7-12(14(10)13)9-15(3,4)5/h5-7H,8H2,1-4H3;6-8H,9H2,1-5H3. The summed E-state index contributed by atoms with van der Waals surface area (Å²) in [4.78, 5) is 0. The van der Waals surface area contributed by atoms with Crippen LogP contribution in [0.3, 0.4) is 0 Å². The summed E-state index contributed by atoms with van der Waals surface area (Å²) >= 11 is 0. The van der Waals surface area contributed by atoms with Gasteiger partial charge in [-0.25, -0.2) is 0 Å². The van der Waals surface area contributed by atoms with Crippen molar-refractivity contribution in [3.8, 4) is 0 Å². The molecule has 2 aromatic carbocycles. The average Bonchev–Trinajstić information content (AvgIpc) is 3.17. The number of halogens is 3. The molecule has 4 aromatic rings. The Balaban J connectivity index is 0.000000198. The van der Waals surface area contributed by atoms with Gasteiger partial charge in [-0.2, -0.15) is 13.2 Å². The van der Waals surface area contributed by atoms with Crippen molar-refractivity contribution in [1.29, 1.82) is 0 Å². The number of furan rings is 2. The molecule has 0 amide bonds. The molecule has 190 valence electrons. The van der Waals surface area contributed by atoms with Crippen molar-refractivity contribution in [1.82, 2.24) is 0 Å². The Morgan fingerprint density at radius 1 is 0.686 bits per heavy atom. The highest BCUT2D eigenvalue weighted by molar-refractivity contribution is 5.86. The molecule has 0 N–H and O–H groups in total. The molecule has 0 fully saturated rings. The predicted octanol–water partition coefficient (Wildman–Crippen LogP) is 9.82. The lowest BCUT2D eigenvalue weighted by Gasteiger charge is -2.27. The van der Waals surface area contributed by atoms with Crippen LogP contribution in [0.15, 0.2) is 45.2 Å². The summed E-state index contributed by atoms with van der Waals surface area (Å²) in [6.07, 6.45) is -3.23. The first-order valence-electron chi connectivity index (χ1n) is 12.0. The first-order chi connectivity index (χ1) is 16.0. The number of para-hydroxylation sites is 1. The summed E-state index contributed by atoms with van der Waals surface area (Å²) in [6.45, 7) is 17.2. The third kappa shape index (κ3) is 5.76. The fourth-order valence-corrected chi connectivity index (χ4v) is 4.36. The summed E-state index contributed by atoms with van der Waals surface area (Å²) in [6, 6.07) is 11.7. The van der Waals surface area contributed by atoms with E-state index in [9.17, 15) is 13.2 Å². The maximum atomic E-state index is 13.0. The second-order valence-electron chi connectivity index (χ2n) is 11.4. The van der Waals surface area contributed by atoms with Crippen molar-refractivity contribution in [2.45, 2.75) is 81.3 Å². The smallest absolute Gasteiger partial charge is 0.394 e. The van der Waals surface area contributed by atoms with Gasteiger partial charge in [0.1, 0.15) is 22.7 Å². The lowest BCUT2D eigenvalue weighted by Crippen LogP contribution is -2.34. The number of aryl methyl sites for hydroxylation is 4. The number of benzene rings is 2. The van der Waals surface area contributed by atoms with Gasteiger partial charge in [-0.3, -0.25) is 0 Å². The van der Waals surface area contributed by atoms with E-state index in [2.05, 4.69) is 45.9 Å². The molecule has 0 unspecified atom stereocenters. The van der Waals surface area contributed by atoms with Gasteiger partial charge in [0.15, 0.2) is 0 Å². The topological polar surface area (TPSA) is 26.3 Å². The molecule has 5 heteroatoms. The minimum absolute atomic E-state index is 0.0831. The molecule has 0 radical (unpaired) electrons. The summed E-state index contributed by atoms with van der Waals surface area (Å²) in [5, 5.41) is 2.21. The SMILES string of the molecule is Cc1oc2c(CC(C)(C)C(F)(F)F)cccc2c1C.Cc1oc2cccc(CC(C)(C)C)c2c1C. The van der Waals surface area contributed by atoms with E-state index in [1.165, 1.54) is 30.4 Å². The normalized spacial score (nSPS) is 12.8. The Morgan fingerprint density at radius 2 is 1.26 bits per heavy atom. The second-order valence-corrected chi connectivity index (χ2v) is 11.4. The van der Waals surface area contributed by atoms with Gasteiger partial charge in [0.05, 0.1) is 5.41 Å². The van der Waals surface area contributed by atoms with Crippen LogP contribution in [0.4, 0.5) is 13.2 Å². The Bertz CT molecular complexity index is 1330. The molecule has 35 heavy (non-hydrogen) atoms. The van der Waals surface area contributed by atoms with Crippen LogP contribution in [0.5, 0.6) is 0 Å². The third-order valence-electron chi connectivity index (χ3n) is 6.68. The summed E-state index contributed by atoms with van der Waals surface area (Å²) in [5.74, 6) is 1.80. The molecule has 2 heterocycles. The molecule has 2 aromatic heterocycles. The van der Waals surface area contributed by atoms with E-state index in [0.717, 1.165) is 34.5 Å². The van der Waals surface area contributed by atoms with Crippen LogP contribution in [0, 0.1) is 38.5 Å². The molecule has 0 saturated heterocycles. The molecular formula is C30H37F3O2. The number of rotatable bonds is 3. The highest BCUT2D eigenvalue weighted by atomic mass is 19.4. The molecule has 0 bridgehead atoms. The van der Waals surface area contributed by atoms with Crippen LogP contribution in [0.25, 0.3) is 21.9 Å². The van der Waals surface area contributed by atoms with Gasteiger partial charge >= 0.3 is 6.18 Å². The third-order valence-corrected chi connectivity index (χ3v) is 6.68. The average molecular weight is 487 g/mol. The van der Waals surface area contributed by atoms with Gasteiger partial charge in [0.2, 0.25) is 0 Å². The number of hydrogen-bond acceptors (Lipinski definition) is 2. The molecule has 0 spiro atoms. The molecule has 0 aliphatic rings. The maximum absolute atomic E-state index is 13.0. The Morgan fingerprint density at radius 3 is 1.86 bits per heavy atom. The van der Waals surface area contributed by atoms with Gasteiger partial charge in [-0.15, -0.1) is 0 Å². The Hall–Kier alpha value is -2.69. The largest absolute Gasteiger partial charge is 0.461 e. The molecule has 0 saturated carbocycles. The molecule has 0 aliphatic heterocycles. The van der Waals surface area contributed by atoms with Crippen molar-refractivity contribution in [3.05, 3.63) is 70.2 Å². The quantitative estimate of drug-likeness (QED) is 0.288. The van der Waals surface area contributed by atoms with E-state index in [1.54, 1.807) is 12.1 Å². The number of alkyl halides is 3. The summed E-state index contributed by atoms with van der Waals surface area (Å²) in [5.41, 5.74) is 4.43. The summed E-state index contributed by atoms with van der Waals surface area (Å²) in [7, 11) is 0. The van der Waals surface area contributed by atoms with Gasteiger partial charge in [0.25, 0.3) is 0 Å². The minimum atomic E-state index is -4.23. The summed E-state index contributed by atoms with van der Waals surface area (Å²) < 4.78 is 50.3. The van der Waals surface area contributed by atoms with Crippen LogP contribution < -0.4 is 0 Å². The van der Waals surface area contributed by atoms with Crippen LogP contribution in [0.2, 0.25) is 0 Å². The van der Waals surface area contributed by atoms with Crippen LogP contribution in [0.1, 0.15) is 68.4 Å². The fourth-order valence-electron chi connectivity index (χ4n) is 4.36. The fraction of sp³-hybridized carbons (Fsp3) is 0.467. The van der Waals surface area contributed by atoms with Crippen molar-refractivity contribution < 1.29 is 22.0 Å². The Kier molecular flexibility index (Phi) is 7.23. The van der Waals surface area contributed by atoms with E-state index >= 15 is 0 Å². The van der Waals surface area contributed by atoms with Gasteiger partial charge < -0.3 is 8.83 Å². The molecule has 0 atom stereocenters. The highest BCUT2D eigenvalue weighted by Gasteiger charge is 2.47. The minimum Gasteiger partial charge on any atom is -0.461 e. The van der Waals surface area contributed by atoms with Crippen LogP contribution in [-0.4, -0.2) is 6.18 Å². The van der Waals surface area contributed by atoms with E-state index in [0.29, 0.717) is 16.6 Å². The predicted molar refractivity (Wildman–Crippen MR) is 138 cm³/mol. The zero-order valence-electron chi connectivity index (χ0n) is 22.3. The van der Waals surface area contributed by atoms with Crippen molar-refractivity contribution in [2.24, 2.45) is 10.8 Å². The molecule has 0 aliphatic carbocycles. The first-order valence-corrected chi connectivity index (χ1v) is 12.0. The lowest BCUT2D eigenvalue weighted by atomic mass is 9.84. The van der Waals surface area contributed by atoms with Crippen molar-refractivity contribution in [2.75, 3.05) is 0 Å². The van der Waals surface area contributed by atoms with Crippen molar-refractivity contribution >= 4 is 21.9 Å². The van der Waals surface area contributed by atoms with Gasteiger partial charge in [0, 0.05) is 10.8 Å².